The number of halogens is 1. The first-order chi connectivity index (χ1) is 22.0. The highest BCUT2D eigenvalue weighted by molar-refractivity contribution is 6.16. The molecule has 0 spiro atoms. The van der Waals surface area contributed by atoms with Gasteiger partial charge in [0.05, 0.1) is 31.1 Å². The predicted molar refractivity (Wildman–Crippen MR) is 170 cm³/mol. The maximum absolute atomic E-state index is 15.1. The van der Waals surface area contributed by atoms with Crippen molar-refractivity contribution in [2.75, 3.05) is 56.6 Å². The fourth-order valence-electron chi connectivity index (χ4n) is 5.71. The van der Waals surface area contributed by atoms with E-state index in [9.17, 15) is 4.79 Å². The van der Waals surface area contributed by atoms with Crippen molar-refractivity contribution in [1.29, 1.82) is 0 Å². The maximum Gasteiger partial charge on any atom is 0.318 e. The number of nitrogens with zero attached hydrogens (tertiary/aromatic N) is 6. The number of aromatic nitrogens is 4. The smallest absolute Gasteiger partial charge is 0.318 e. The summed E-state index contributed by atoms with van der Waals surface area (Å²) in [5, 5.41) is 1.43. The van der Waals surface area contributed by atoms with Crippen molar-refractivity contribution in [3.8, 4) is 11.8 Å². The standard InChI is InChI=1S/C31H35FN6O5.C2H6/c1-4-22-23(32)7-6-20-16-21(43-19-40-3)17-25(27(20)22)38-18-24-28(30(38)39)29(37-10-5-13-41-15-12-37)35-31(34-24)42-14-8-26-33-9-11-36(26)2;1-2/h6-7,9,11,16-17H,4-5,8,10,12-15,18-19H2,1-3H3;1-2H3. The van der Waals surface area contributed by atoms with Gasteiger partial charge in [0.15, 0.2) is 6.79 Å². The minimum absolute atomic E-state index is 0.0343. The maximum atomic E-state index is 15.1. The molecule has 11 nitrogen and oxygen atoms in total. The fourth-order valence-corrected chi connectivity index (χ4v) is 5.71. The zero-order valence-electron chi connectivity index (χ0n) is 26.6. The first kappa shape index (κ1) is 32.1. The van der Waals surface area contributed by atoms with Gasteiger partial charge in [-0.05, 0) is 35.9 Å². The van der Waals surface area contributed by atoms with Gasteiger partial charge < -0.3 is 33.3 Å². The summed E-state index contributed by atoms with van der Waals surface area (Å²) in [6.07, 6.45) is 5.46. The molecule has 0 aliphatic carbocycles. The Morgan fingerprint density at radius 2 is 1.93 bits per heavy atom. The van der Waals surface area contributed by atoms with Gasteiger partial charge in [-0.25, -0.2) is 9.37 Å². The van der Waals surface area contributed by atoms with E-state index < -0.39 is 0 Å². The molecule has 0 bridgehead atoms. The monoisotopic (exact) mass is 620 g/mol. The van der Waals surface area contributed by atoms with Crippen molar-refractivity contribution in [3.63, 3.8) is 0 Å². The van der Waals surface area contributed by atoms with E-state index in [4.69, 9.17) is 28.9 Å². The Morgan fingerprint density at radius 3 is 2.69 bits per heavy atom. The summed E-state index contributed by atoms with van der Waals surface area (Å²) < 4.78 is 39.6. The summed E-state index contributed by atoms with van der Waals surface area (Å²) in [4.78, 5) is 31.8. The van der Waals surface area contributed by atoms with Crippen LogP contribution in [0.5, 0.6) is 11.8 Å². The molecule has 12 heteroatoms. The van der Waals surface area contributed by atoms with Crippen molar-refractivity contribution < 1.29 is 28.1 Å². The first-order valence-corrected chi connectivity index (χ1v) is 15.5. The van der Waals surface area contributed by atoms with Crippen molar-refractivity contribution in [2.24, 2.45) is 7.05 Å². The van der Waals surface area contributed by atoms with Crippen molar-refractivity contribution in [1.82, 2.24) is 19.5 Å². The van der Waals surface area contributed by atoms with E-state index in [2.05, 4.69) is 9.88 Å². The van der Waals surface area contributed by atoms with Crippen LogP contribution in [-0.4, -0.2) is 72.2 Å². The molecule has 0 saturated carbocycles. The summed E-state index contributed by atoms with van der Waals surface area (Å²) in [6.45, 7) is 8.86. The molecule has 1 amide bonds. The average molecular weight is 621 g/mol. The van der Waals surface area contributed by atoms with Gasteiger partial charge in [-0.3, -0.25) is 4.79 Å². The van der Waals surface area contributed by atoms with E-state index in [1.54, 1.807) is 23.2 Å². The zero-order valence-corrected chi connectivity index (χ0v) is 26.6. The Balaban J connectivity index is 0.00000196. The number of ether oxygens (including phenoxy) is 4. The van der Waals surface area contributed by atoms with Gasteiger partial charge >= 0.3 is 6.01 Å². The minimum atomic E-state index is -0.320. The molecule has 45 heavy (non-hydrogen) atoms. The lowest BCUT2D eigenvalue weighted by atomic mass is 9.99. The Bertz CT molecular complexity index is 1640. The van der Waals surface area contributed by atoms with Gasteiger partial charge in [-0.1, -0.05) is 26.8 Å². The number of anilines is 2. The quantitative estimate of drug-likeness (QED) is 0.225. The Morgan fingerprint density at radius 1 is 1.09 bits per heavy atom. The molecule has 0 radical (unpaired) electrons. The van der Waals surface area contributed by atoms with Crippen LogP contribution in [-0.2, 0) is 35.9 Å². The molecule has 2 aromatic carbocycles. The van der Waals surface area contributed by atoms with Crippen molar-refractivity contribution in [3.05, 3.63) is 65.1 Å². The minimum Gasteiger partial charge on any atom is -0.467 e. The van der Waals surface area contributed by atoms with Crippen LogP contribution in [0.25, 0.3) is 10.8 Å². The van der Waals surface area contributed by atoms with Gasteiger partial charge in [0, 0.05) is 64.1 Å². The van der Waals surface area contributed by atoms with Gasteiger partial charge in [0.25, 0.3) is 5.91 Å². The van der Waals surface area contributed by atoms with E-state index in [-0.39, 0.29) is 31.1 Å². The van der Waals surface area contributed by atoms with E-state index in [0.29, 0.717) is 85.2 Å². The Kier molecular flexibility index (Phi) is 10.5. The SMILES string of the molecule is CC.CCc1c(F)ccc2cc(OCOC)cc(N3Cc4nc(OCCc5nccn5C)nc(N5CCCOCC5)c4C3=O)c12. The van der Waals surface area contributed by atoms with Crippen LogP contribution in [0.4, 0.5) is 15.9 Å². The molecule has 240 valence electrons. The number of carbonyl (C=O) groups is 1. The molecule has 4 aromatic rings. The van der Waals surface area contributed by atoms with Gasteiger partial charge in [0.1, 0.15) is 28.8 Å². The molecule has 2 aliphatic rings. The number of imidazole rings is 1. The Labute approximate surface area is 262 Å². The van der Waals surface area contributed by atoms with Crippen LogP contribution in [0.2, 0.25) is 0 Å². The number of carbonyl (C=O) groups excluding carboxylic acids is 1. The molecule has 1 fully saturated rings. The van der Waals surface area contributed by atoms with E-state index >= 15 is 4.39 Å². The van der Waals surface area contributed by atoms with Crippen molar-refractivity contribution >= 4 is 28.2 Å². The van der Waals surface area contributed by atoms with Crippen molar-refractivity contribution in [2.45, 2.75) is 46.6 Å². The van der Waals surface area contributed by atoms with Crippen LogP contribution in [0.1, 0.15) is 54.6 Å². The second-order valence-electron chi connectivity index (χ2n) is 10.5. The summed E-state index contributed by atoms with van der Waals surface area (Å²) in [5.74, 6) is 1.34. The van der Waals surface area contributed by atoms with Gasteiger partial charge in [-0.2, -0.15) is 9.97 Å². The molecule has 0 unspecified atom stereocenters. The number of rotatable bonds is 10. The molecule has 2 aliphatic heterocycles. The second kappa shape index (κ2) is 14.7. The largest absolute Gasteiger partial charge is 0.467 e. The predicted octanol–water partition coefficient (Wildman–Crippen LogP) is 5.08. The third-order valence-electron chi connectivity index (χ3n) is 7.82. The normalized spacial score (nSPS) is 14.7. The molecular weight excluding hydrogens is 579 g/mol. The molecule has 4 heterocycles. The number of benzene rings is 2. The average Bonchev–Trinajstić information content (AvgIpc) is 3.49. The number of hydrogen-bond donors (Lipinski definition) is 0. The van der Waals surface area contributed by atoms with Crippen LogP contribution >= 0.6 is 0 Å². The topological polar surface area (TPSA) is 104 Å². The van der Waals surface area contributed by atoms with E-state index in [1.165, 1.54) is 13.2 Å². The number of amides is 1. The number of fused-ring (bicyclic) bond motifs is 2. The van der Waals surface area contributed by atoms with Crippen LogP contribution in [0.15, 0.2) is 36.7 Å². The molecule has 6 rings (SSSR count). The highest BCUT2D eigenvalue weighted by Crippen LogP contribution is 2.41. The number of methoxy groups -OCH3 is 1. The summed E-state index contributed by atoms with van der Waals surface area (Å²) in [5.41, 5.74) is 2.05. The highest BCUT2D eigenvalue weighted by Gasteiger charge is 2.37. The molecule has 0 N–H and O–H groups in total. The number of hydrogen-bond acceptors (Lipinski definition) is 9. The third-order valence-corrected chi connectivity index (χ3v) is 7.82. The van der Waals surface area contributed by atoms with E-state index in [1.807, 2.05) is 44.6 Å². The number of aryl methyl sites for hydroxylation is 2. The highest BCUT2D eigenvalue weighted by atomic mass is 19.1. The van der Waals surface area contributed by atoms with Crippen LogP contribution in [0, 0.1) is 5.82 Å². The first-order valence-electron chi connectivity index (χ1n) is 15.5. The molecular formula is C33H41FN6O5. The summed E-state index contributed by atoms with van der Waals surface area (Å²) in [6, 6.07) is 6.95. The van der Waals surface area contributed by atoms with E-state index in [0.717, 1.165) is 17.6 Å². The van der Waals surface area contributed by atoms with Crippen LogP contribution in [0.3, 0.4) is 0 Å². The zero-order chi connectivity index (χ0) is 31.9. The third kappa shape index (κ3) is 6.71. The fraction of sp³-hybridized carbons (Fsp3) is 0.455. The molecule has 2 aromatic heterocycles. The molecule has 0 atom stereocenters. The lowest BCUT2D eigenvalue weighted by molar-refractivity contribution is 0.0512. The lowest BCUT2D eigenvalue weighted by Gasteiger charge is -2.24. The second-order valence-corrected chi connectivity index (χ2v) is 10.5. The lowest BCUT2D eigenvalue weighted by Crippen LogP contribution is -2.30. The van der Waals surface area contributed by atoms with Gasteiger partial charge in [0.2, 0.25) is 0 Å². The van der Waals surface area contributed by atoms with Gasteiger partial charge in [-0.15, -0.1) is 0 Å². The van der Waals surface area contributed by atoms with Crippen LogP contribution < -0.4 is 19.3 Å². The summed E-state index contributed by atoms with van der Waals surface area (Å²) in [7, 11) is 3.47. The summed E-state index contributed by atoms with van der Waals surface area (Å²) >= 11 is 0. The molecule has 1 saturated heterocycles. The Hall–Kier alpha value is -4.29.